The smallest absolute Gasteiger partial charge is 0.275 e. The van der Waals surface area contributed by atoms with Crippen LogP contribution in [0.4, 0.5) is 11.4 Å². The van der Waals surface area contributed by atoms with Gasteiger partial charge in [-0.25, -0.2) is 0 Å². The summed E-state index contributed by atoms with van der Waals surface area (Å²) in [4.78, 5) is 10.6. The molecule has 0 atom stereocenters. The standard InChI is InChI=1S/C16H26N2O3/c1-11(2)16(5,6)10-17-13-7-14(18(19)20)9-15(8-13)21-12(3)4/h7-9,11-12,17H,10H2,1-6H3. The number of non-ortho nitro benzene ring substituents is 1. The molecule has 1 aromatic carbocycles. The van der Waals surface area contributed by atoms with Crippen LogP contribution in [0.15, 0.2) is 18.2 Å². The van der Waals surface area contributed by atoms with E-state index in [0.29, 0.717) is 17.4 Å². The van der Waals surface area contributed by atoms with Crippen molar-refractivity contribution in [3.63, 3.8) is 0 Å². The Morgan fingerprint density at radius 1 is 1.24 bits per heavy atom. The van der Waals surface area contributed by atoms with Crippen LogP contribution in [0.1, 0.15) is 41.5 Å². The molecule has 1 rings (SSSR count). The Bertz CT molecular complexity index is 496. The Morgan fingerprint density at radius 2 is 1.86 bits per heavy atom. The molecule has 0 unspecified atom stereocenters. The van der Waals surface area contributed by atoms with Gasteiger partial charge in [0.2, 0.25) is 0 Å². The van der Waals surface area contributed by atoms with Crippen LogP contribution >= 0.6 is 0 Å². The van der Waals surface area contributed by atoms with Crippen molar-refractivity contribution in [3.8, 4) is 5.75 Å². The fraction of sp³-hybridized carbons (Fsp3) is 0.625. The van der Waals surface area contributed by atoms with E-state index in [9.17, 15) is 10.1 Å². The molecule has 0 heterocycles. The molecule has 5 heteroatoms. The van der Waals surface area contributed by atoms with Crippen LogP contribution in [0.2, 0.25) is 0 Å². The highest BCUT2D eigenvalue weighted by Crippen LogP contribution is 2.30. The third kappa shape index (κ3) is 5.25. The van der Waals surface area contributed by atoms with Gasteiger partial charge in [-0.3, -0.25) is 10.1 Å². The molecule has 0 aliphatic rings. The molecule has 0 saturated carbocycles. The highest BCUT2D eigenvalue weighted by Gasteiger charge is 2.22. The quantitative estimate of drug-likeness (QED) is 0.595. The van der Waals surface area contributed by atoms with Gasteiger partial charge in [0.25, 0.3) is 5.69 Å². The first-order valence-electron chi connectivity index (χ1n) is 7.32. The van der Waals surface area contributed by atoms with Crippen molar-refractivity contribution in [2.75, 3.05) is 11.9 Å². The third-order valence-electron chi connectivity index (χ3n) is 3.78. The monoisotopic (exact) mass is 294 g/mol. The Hall–Kier alpha value is -1.78. The van der Waals surface area contributed by atoms with Crippen molar-refractivity contribution in [3.05, 3.63) is 28.3 Å². The number of rotatable bonds is 7. The minimum Gasteiger partial charge on any atom is -0.491 e. The van der Waals surface area contributed by atoms with Crippen LogP contribution in [-0.2, 0) is 0 Å². The summed E-state index contributed by atoms with van der Waals surface area (Å²) in [7, 11) is 0. The van der Waals surface area contributed by atoms with Crippen molar-refractivity contribution < 1.29 is 9.66 Å². The maximum absolute atomic E-state index is 11.0. The van der Waals surface area contributed by atoms with E-state index in [1.807, 2.05) is 19.9 Å². The van der Waals surface area contributed by atoms with Crippen LogP contribution < -0.4 is 10.1 Å². The molecule has 1 aromatic rings. The van der Waals surface area contributed by atoms with E-state index in [-0.39, 0.29) is 17.2 Å². The number of anilines is 1. The van der Waals surface area contributed by atoms with Gasteiger partial charge in [0, 0.05) is 24.4 Å². The van der Waals surface area contributed by atoms with Gasteiger partial charge in [0.15, 0.2) is 0 Å². The molecule has 0 amide bonds. The van der Waals surface area contributed by atoms with E-state index in [1.165, 1.54) is 6.07 Å². The maximum atomic E-state index is 11.0. The number of benzene rings is 1. The lowest BCUT2D eigenvalue weighted by Crippen LogP contribution is -2.28. The molecule has 0 spiro atoms. The molecule has 0 aliphatic carbocycles. The second-order valence-electron chi connectivity index (χ2n) is 6.64. The highest BCUT2D eigenvalue weighted by molar-refractivity contribution is 5.56. The van der Waals surface area contributed by atoms with Gasteiger partial charge in [-0.1, -0.05) is 27.7 Å². The number of nitro benzene ring substituents is 1. The number of hydrogen-bond donors (Lipinski definition) is 1. The predicted molar refractivity (Wildman–Crippen MR) is 86.0 cm³/mol. The van der Waals surface area contributed by atoms with Gasteiger partial charge >= 0.3 is 0 Å². The summed E-state index contributed by atoms with van der Waals surface area (Å²) in [5.74, 6) is 1.03. The average molecular weight is 294 g/mol. The van der Waals surface area contributed by atoms with Crippen LogP contribution in [-0.4, -0.2) is 17.6 Å². The second kappa shape index (κ2) is 6.78. The minimum atomic E-state index is -0.397. The van der Waals surface area contributed by atoms with Gasteiger partial charge < -0.3 is 10.1 Å². The lowest BCUT2D eigenvalue weighted by molar-refractivity contribution is -0.384. The third-order valence-corrected chi connectivity index (χ3v) is 3.78. The number of nitrogens with one attached hydrogen (secondary N) is 1. The predicted octanol–water partition coefficient (Wildman–Crippen LogP) is 4.48. The van der Waals surface area contributed by atoms with Crippen LogP contribution in [0, 0.1) is 21.4 Å². The first kappa shape index (κ1) is 17.3. The molecule has 0 bridgehead atoms. The van der Waals surface area contributed by atoms with E-state index in [0.717, 1.165) is 6.54 Å². The minimum absolute atomic E-state index is 0.0213. The largest absolute Gasteiger partial charge is 0.491 e. The molecule has 0 radical (unpaired) electrons. The summed E-state index contributed by atoms with van der Waals surface area (Å²) >= 11 is 0. The molecular weight excluding hydrogens is 268 g/mol. The summed E-state index contributed by atoms with van der Waals surface area (Å²) in [6.45, 7) is 13.2. The molecule has 5 nitrogen and oxygen atoms in total. The Morgan fingerprint density at radius 3 is 2.33 bits per heavy atom. The fourth-order valence-corrected chi connectivity index (χ4v) is 1.67. The van der Waals surface area contributed by atoms with Gasteiger partial charge in [0.1, 0.15) is 5.75 Å². The van der Waals surface area contributed by atoms with E-state index < -0.39 is 4.92 Å². The highest BCUT2D eigenvalue weighted by atomic mass is 16.6. The lowest BCUT2D eigenvalue weighted by atomic mass is 9.81. The lowest BCUT2D eigenvalue weighted by Gasteiger charge is -2.30. The normalized spacial score (nSPS) is 11.8. The Balaban J connectivity index is 2.95. The average Bonchev–Trinajstić information content (AvgIpc) is 2.35. The number of nitro groups is 1. The van der Waals surface area contributed by atoms with Gasteiger partial charge in [-0.05, 0) is 25.2 Å². The number of nitrogens with zero attached hydrogens (tertiary/aromatic N) is 1. The van der Waals surface area contributed by atoms with Crippen molar-refractivity contribution in [2.45, 2.75) is 47.6 Å². The zero-order chi connectivity index (χ0) is 16.2. The Kier molecular flexibility index (Phi) is 5.58. The summed E-state index contributed by atoms with van der Waals surface area (Å²) < 4.78 is 5.58. The van der Waals surface area contributed by atoms with Crippen molar-refractivity contribution in [1.82, 2.24) is 0 Å². The molecular formula is C16H26N2O3. The number of hydrogen-bond acceptors (Lipinski definition) is 4. The topological polar surface area (TPSA) is 64.4 Å². The second-order valence-corrected chi connectivity index (χ2v) is 6.64. The SMILES string of the molecule is CC(C)Oc1cc(NCC(C)(C)C(C)C)cc([N+](=O)[O-])c1. The first-order chi connectivity index (χ1) is 9.61. The maximum Gasteiger partial charge on any atom is 0.275 e. The van der Waals surface area contributed by atoms with Gasteiger partial charge in [-0.15, -0.1) is 0 Å². The molecule has 1 N–H and O–H groups in total. The molecule has 0 saturated heterocycles. The zero-order valence-corrected chi connectivity index (χ0v) is 13.8. The summed E-state index contributed by atoms with van der Waals surface area (Å²) in [5.41, 5.74) is 0.857. The first-order valence-corrected chi connectivity index (χ1v) is 7.32. The molecule has 0 aromatic heterocycles. The van der Waals surface area contributed by atoms with E-state index in [2.05, 4.69) is 33.0 Å². The van der Waals surface area contributed by atoms with Gasteiger partial charge in [-0.2, -0.15) is 0 Å². The fourth-order valence-electron chi connectivity index (χ4n) is 1.67. The molecule has 21 heavy (non-hydrogen) atoms. The molecule has 0 aliphatic heterocycles. The summed E-state index contributed by atoms with van der Waals surface area (Å²) in [6, 6.07) is 4.81. The zero-order valence-electron chi connectivity index (χ0n) is 13.8. The number of ether oxygens (including phenoxy) is 1. The van der Waals surface area contributed by atoms with Crippen LogP contribution in [0.5, 0.6) is 5.75 Å². The molecule has 0 fully saturated rings. The van der Waals surface area contributed by atoms with E-state index in [1.54, 1.807) is 6.07 Å². The van der Waals surface area contributed by atoms with E-state index >= 15 is 0 Å². The Labute approximate surface area is 126 Å². The van der Waals surface area contributed by atoms with Crippen molar-refractivity contribution in [2.24, 2.45) is 11.3 Å². The van der Waals surface area contributed by atoms with E-state index in [4.69, 9.17) is 4.74 Å². The summed E-state index contributed by atoms with van der Waals surface area (Å²) in [6.07, 6.45) is -0.0213. The van der Waals surface area contributed by atoms with Gasteiger partial charge in [0.05, 0.1) is 17.1 Å². The van der Waals surface area contributed by atoms with Crippen LogP contribution in [0.25, 0.3) is 0 Å². The molecule has 118 valence electrons. The summed E-state index contributed by atoms with van der Waals surface area (Å²) in [5, 5.41) is 14.3. The van der Waals surface area contributed by atoms with Crippen molar-refractivity contribution >= 4 is 11.4 Å². The van der Waals surface area contributed by atoms with Crippen molar-refractivity contribution in [1.29, 1.82) is 0 Å². The van der Waals surface area contributed by atoms with Crippen LogP contribution in [0.3, 0.4) is 0 Å².